The van der Waals surface area contributed by atoms with Crippen molar-refractivity contribution in [2.75, 3.05) is 13.7 Å². The van der Waals surface area contributed by atoms with Gasteiger partial charge in [0.05, 0.1) is 17.8 Å². The van der Waals surface area contributed by atoms with Crippen molar-refractivity contribution in [1.82, 2.24) is 5.43 Å². The molecule has 162 valence electrons. The highest BCUT2D eigenvalue weighted by atomic mass is 79.9. The first kappa shape index (κ1) is 23.1. The van der Waals surface area contributed by atoms with Gasteiger partial charge in [-0.1, -0.05) is 66.6 Å². The predicted molar refractivity (Wildman–Crippen MR) is 127 cm³/mol. The van der Waals surface area contributed by atoms with Gasteiger partial charge in [-0.25, -0.2) is 5.43 Å². The van der Waals surface area contributed by atoms with Crippen molar-refractivity contribution in [2.45, 2.75) is 5.60 Å². The van der Waals surface area contributed by atoms with E-state index in [1.165, 1.54) is 13.3 Å². The van der Waals surface area contributed by atoms with Crippen molar-refractivity contribution in [1.29, 1.82) is 0 Å². The molecule has 0 fully saturated rings. The Morgan fingerprint density at radius 3 is 2.28 bits per heavy atom. The van der Waals surface area contributed by atoms with Crippen LogP contribution in [0.2, 0.25) is 0 Å². The van der Waals surface area contributed by atoms with Gasteiger partial charge in [-0.05, 0) is 44.8 Å². The molecular formula is C25H21BrN2O4. The molecule has 2 N–H and O–H groups in total. The van der Waals surface area contributed by atoms with Gasteiger partial charge in [-0.3, -0.25) is 4.79 Å². The number of carbonyl (C=O) groups excluding carboxylic acids is 1. The standard InChI is InChI=1S/C25H21BrN2O4/c1-3-14-32-23-21(26)15-18(16-22(23)31-2)17-27-28-24(29)25(30,19-10-6-4-7-11-19)20-12-8-5-9-13-20/h1,4-13,15-17,30H,14H2,2H3,(H,28,29)/b27-17-. The van der Waals surface area contributed by atoms with E-state index in [-0.39, 0.29) is 6.61 Å². The van der Waals surface area contributed by atoms with Crippen LogP contribution in [0.4, 0.5) is 0 Å². The van der Waals surface area contributed by atoms with E-state index >= 15 is 0 Å². The molecule has 0 aliphatic carbocycles. The minimum absolute atomic E-state index is 0.0933. The van der Waals surface area contributed by atoms with Gasteiger partial charge in [0, 0.05) is 0 Å². The van der Waals surface area contributed by atoms with Crippen molar-refractivity contribution in [3.05, 3.63) is 94.0 Å². The smallest absolute Gasteiger partial charge is 0.281 e. The molecule has 3 aromatic rings. The van der Waals surface area contributed by atoms with Gasteiger partial charge < -0.3 is 14.6 Å². The Morgan fingerprint density at radius 2 is 1.75 bits per heavy atom. The van der Waals surface area contributed by atoms with Crippen LogP contribution in [0.15, 0.2) is 82.4 Å². The van der Waals surface area contributed by atoms with Crippen LogP contribution >= 0.6 is 15.9 Å². The molecule has 0 heterocycles. The molecule has 0 aliphatic rings. The lowest BCUT2D eigenvalue weighted by Crippen LogP contribution is -2.43. The predicted octanol–water partition coefficient (Wildman–Crippen LogP) is 3.86. The zero-order valence-electron chi connectivity index (χ0n) is 17.3. The molecule has 7 heteroatoms. The summed E-state index contributed by atoms with van der Waals surface area (Å²) in [6, 6.07) is 20.8. The average molecular weight is 493 g/mol. The maximum absolute atomic E-state index is 13.1. The first-order valence-electron chi connectivity index (χ1n) is 9.61. The second kappa shape index (κ2) is 10.6. The fraction of sp³-hybridized carbons (Fsp3) is 0.120. The van der Waals surface area contributed by atoms with Gasteiger partial charge in [0.1, 0.15) is 6.61 Å². The number of nitrogens with one attached hydrogen (secondary N) is 1. The lowest BCUT2D eigenvalue weighted by Gasteiger charge is -2.27. The summed E-state index contributed by atoms with van der Waals surface area (Å²) in [5, 5.41) is 15.5. The number of methoxy groups -OCH3 is 1. The Balaban J connectivity index is 1.86. The minimum Gasteiger partial charge on any atom is -0.493 e. The van der Waals surface area contributed by atoms with E-state index < -0.39 is 11.5 Å². The monoisotopic (exact) mass is 492 g/mol. The van der Waals surface area contributed by atoms with Gasteiger partial charge in [-0.2, -0.15) is 5.10 Å². The van der Waals surface area contributed by atoms with Crippen LogP contribution in [0, 0.1) is 12.3 Å². The van der Waals surface area contributed by atoms with Crippen molar-refractivity contribution in [3.63, 3.8) is 0 Å². The van der Waals surface area contributed by atoms with Crippen LogP contribution in [0.5, 0.6) is 11.5 Å². The fourth-order valence-electron chi connectivity index (χ4n) is 3.10. The molecule has 6 nitrogen and oxygen atoms in total. The van der Waals surface area contributed by atoms with Gasteiger partial charge >= 0.3 is 0 Å². The molecule has 0 saturated carbocycles. The summed E-state index contributed by atoms with van der Waals surface area (Å²) < 4.78 is 11.5. The quantitative estimate of drug-likeness (QED) is 0.284. The number of halogens is 1. The number of hydrazone groups is 1. The van der Waals surface area contributed by atoms with E-state index in [1.807, 2.05) is 12.1 Å². The molecule has 3 rings (SSSR count). The molecule has 1 amide bonds. The fourth-order valence-corrected chi connectivity index (χ4v) is 3.68. The molecule has 0 saturated heterocycles. The summed E-state index contributed by atoms with van der Waals surface area (Å²) in [7, 11) is 1.51. The Morgan fingerprint density at radius 1 is 1.16 bits per heavy atom. The Bertz CT molecular complexity index is 1100. The van der Waals surface area contributed by atoms with Gasteiger partial charge in [0.2, 0.25) is 0 Å². The lowest BCUT2D eigenvalue weighted by atomic mass is 9.85. The van der Waals surface area contributed by atoms with Gasteiger partial charge in [-0.15, -0.1) is 6.42 Å². The third kappa shape index (κ3) is 4.99. The average Bonchev–Trinajstić information content (AvgIpc) is 2.83. The SMILES string of the molecule is C#CCOc1c(Br)cc(/C=N\NC(=O)C(O)(c2ccccc2)c2ccccc2)cc1OC. The molecule has 0 aromatic heterocycles. The molecule has 0 radical (unpaired) electrons. The normalized spacial score (nSPS) is 11.1. The largest absolute Gasteiger partial charge is 0.493 e. The van der Waals surface area contributed by atoms with Crippen LogP contribution < -0.4 is 14.9 Å². The first-order chi connectivity index (χ1) is 15.5. The van der Waals surface area contributed by atoms with E-state index in [4.69, 9.17) is 15.9 Å². The summed E-state index contributed by atoms with van der Waals surface area (Å²) in [6.07, 6.45) is 6.69. The summed E-state index contributed by atoms with van der Waals surface area (Å²) >= 11 is 3.42. The maximum Gasteiger partial charge on any atom is 0.281 e. The minimum atomic E-state index is -1.91. The third-order valence-corrected chi connectivity index (χ3v) is 5.23. The van der Waals surface area contributed by atoms with Gasteiger partial charge in [0.25, 0.3) is 5.91 Å². The lowest BCUT2D eigenvalue weighted by molar-refractivity contribution is -0.136. The van der Waals surface area contributed by atoms with E-state index in [1.54, 1.807) is 60.7 Å². The number of nitrogens with zero attached hydrogens (tertiary/aromatic N) is 1. The Hall–Kier alpha value is -3.60. The number of benzene rings is 3. The van der Waals surface area contributed by atoms with Crippen molar-refractivity contribution < 1.29 is 19.4 Å². The summed E-state index contributed by atoms with van der Waals surface area (Å²) in [6.45, 7) is 0.0933. The number of carbonyl (C=O) groups is 1. The third-order valence-electron chi connectivity index (χ3n) is 4.64. The second-order valence-electron chi connectivity index (χ2n) is 6.67. The first-order valence-corrected chi connectivity index (χ1v) is 10.4. The van der Waals surface area contributed by atoms with E-state index in [0.717, 1.165) is 0 Å². The van der Waals surface area contributed by atoms with Crippen LogP contribution in [-0.4, -0.2) is 30.9 Å². The molecule has 3 aromatic carbocycles. The Kier molecular flexibility index (Phi) is 7.66. The molecular weight excluding hydrogens is 472 g/mol. The van der Waals surface area contributed by atoms with E-state index in [9.17, 15) is 9.90 Å². The highest BCUT2D eigenvalue weighted by Gasteiger charge is 2.39. The number of aliphatic hydroxyl groups is 1. The van der Waals surface area contributed by atoms with Gasteiger partial charge in [0.15, 0.2) is 17.1 Å². The highest BCUT2D eigenvalue weighted by Crippen LogP contribution is 2.36. The number of terminal acetylenes is 1. The number of hydrogen-bond donors (Lipinski definition) is 2. The molecule has 0 aliphatic heterocycles. The molecule has 0 spiro atoms. The Labute approximate surface area is 195 Å². The van der Waals surface area contributed by atoms with Crippen LogP contribution in [0.25, 0.3) is 0 Å². The maximum atomic E-state index is 13.1. The van der Waals surface area contributed by atoms with E-state index in [0.29, 0.717) is 32.7 Å². The van der Waals surface area contributed by atoms with Crippen LogP contribution in [-0.2, 0) is 10.4 Å². The van der Waals surface area contributed by atoms with Crippen LogP contribution in [0.1, 0.15) is 16.7 Å². The number of amides is 1. The van der Waals surface area contributed by atoms with Crippen LogP contribution in [0.3, 0.4) is 0 Å². The zero-order valence-corrected chi connectivity index (χ0v) is 18.9. The van der Waals surface area contributed by atoms with E-state index in [2.05, 4.69) is 32.4 Å². The topological polar surface area (TPSA) is 80.2 Å². The van der Waals surface area contributed by atoms with Crippen molar-refractivity contribution in [2.24, 2.45) is 5.10 Å². The zero-order chi connectivity index (χ0) is 23.0. The molecule has 0 bridgehead atoms. The highest BCUT2D eigenvalue weighted by molar-refractivity contribution is 9.10. The summed E-state index contributed by atoms with van der Waals surface area (Å²) in [5.41, 5.74) is 2.02. The number of ether oxygens (including phenoxy) is 2. The summed E-state index contributed by atoms with van der Waals surface area (Å²) in [4.78, 5) is 13.1. The number of hydrogen-bond acceptors (Lipinski definition) is 5. The van der Waals surface area contributed by atoms with Crippen molar-refractivity contribution >= 4 is 28.1 Å². The number of rotatable bonds is 8. The second-order valence-corrected chi connectivity index (χ2v) is 7.52. The summed E-state index contributed by atoms with van der Waals surface area (Å²) in [5.74, 6) is 2.63. The van der Waals surface area contributed by atoms with Crippen molar-refractivity contribution in [3.8, 4) is 23.8 Å². The molecule has 0 unspecified atom stereocenters. The molecule has 32 heavy (non-hydrogen) atoms. The molecule has 0 atom stereocenters.